The Morgan fingerprint density at radius 1 is 0.733 bits per heavy atom. The summed E-state index contributed by atoms with van der Waals surface area (Å²) in [6.07, 6.45) is 3.23. The van der Waals surface area contributed by atoms with E-state index in [0.717, 1.165) is 35.3 Å². The zero-order valence-corrected chi connectivity index (χ0v) is 18.6. The lowest BCUT2D eigenvalue weighted by molar-refractivity contribution is -0.121. The van der Waals surface area contributed by atoms with Crippen molar-refractivity contribution in [2.75, 3.05) is 10.6 Å². The Labute approximate surface area is 180 Å². The zero-order valence-electron chi connectivity index (χ0n) is 18.6. The van der Waals surface area contributed by atoms with E-state index in [2.05, 4.69) is 50.5 Å². The van der Waals surface area contributed by atoms with Gasteiger partial charge in [-0.3, -0.25) is 9.59 Å². The van der Waals surface area contributed by atoms with Gasteiger partial charge in [0.1, 0.15) is 0 Å². The fraction of sp³-hybridized carbons (Fsp3) is 0.462. The minimum Gasteiger partial charge on any atom is -0.375 e. The highest BCUT2D eigenvalue weighted by Crippen LogP contribution is 2.27. The molecule has 30 heavy (non-hydrogen) atoms. The predicted octanol–water partition coefficient (Wildman–Crippen LogP) is 5.28. The van der Waals surface area contributed by atoms with Crippen LogP contribution in [0.3, 0.4) is 0 Å². The zero-order chi connectivity index (χ0) is 21.7. The lowest BCUT2D eigenvalue weighted by atomic mass is 9.88. The monoisotopic (exact) mass is 406 g/mol. The van der Waals surface area contributed by atoms with Gasteiger partial charge in [0, 0.05) is 24.2 Å². The minimum absolute atomic E-state index is 0.00454. The van der Waals surface area contributed by atoms with Gasteiger partial charge in [-0.2, -0.15) is 0 Å². The Kier molecular flexibility index (Phi) is 7.30. The molecule has 2 unspecified atom stereocenters. The number of ketones is 2. The van der Waals surface area contributed by atoms with Crippen molar-refractivity contribution in [2.45, 2.75) is 65.5 Å². The van der Waals surface area contributed by atoms with Crippen LogP contribution in [0.15, 0.2) is 48.5 Å². The number of hydrogen-bond acceptors (Lipinski definition) is 4. The summed E-state index contributed by atoms with van der Waals surface area (Å²) < 4.78 is 0. The quantitative estimate of drug-likeness (QED) is 0.725. The van der Waals surface area contributed by atoms with Crippen molar-refractivity contribution in [3.63, 3.8) is 0 Å². The van der Waals surface area contributed by atoms with Crippen LogP contribution in [-0.2, 0) is 22.4 Å². The van der Waals surface area contributed by atoms with E-state index in [-0.39, 0.29) is 12.1 Å². The maximum Gasteiger partial charge on any atom is 0.159 e. The first-order valence-corrected chi connectivity index (χ1v) is 11.2. The lowest BCUT2D eigenvalue weighted by Gasteiger charge is -2.29. The molecule has 0 fully saturated rings. The van der Waals surface area contributed by atoms with Crippen LogP contribution in [-0.4, -0.2) is 23.7 Å². The largest absolute Gasteiger partial charge is 0.375 e. The van der Waals surface area contributed by atoms with E-state index in [1.807, 2.05) is 36.4 Å². The van der Waals surface area contributed by atoms with Gasteiger partial charge in [0.25, 0.3) is 0 Å². The number of rotatable bonds is 4. The van der Waals surface area contributed by atoms with Gasteiger partial charge in [-0.1, -0.05) is 76.9 Å². The number of para-hydroxylation sites is 2. The van der Waals surface area contributed by atoms with Crippen molar-refractivity contribution in [3.05, 3.63) is 59.7 Å². The molecule has 0 saturated heterocycles. The first-order chi connectivity index (χ1) is 14.4. The fourth-order valence-corrected chi connectivity index (χ4v) is 4.11. The Morgan fingerprint density at radius 3 is 1.47 bits per heavy atom. The van der Waals surface area contributed by atoms with Gasteiger partial charge in [0.2, 0.25) is 0 Å². The van der Waals surface area contributed by atoms with Gasteiger partial charge in [-0.05, 0) is 35.1 Å². The standard InChI is InChI=1S/2C13H17NO/c2*1-3-9(2)13-12(15)8-10-6-4-5-7-11(10)14-13/h2*4-7,9,13-14H,3,8H2,1-2H3/t2*9?,13-/m10/s1. The molecule has 2 N–H and O–H groups in total. The first-order valence-electron chi connectivity index (χ1n) is 11.2. The number of benzene rings is 2. The second-order valence-corrected chi connectivity index (χ2v) is 8.62. The Morgan fingerprint density at radius 2 is 1.10 bits per heavy atom. The molecule has 0 radical (unpaired) electrons. The van der Waals surface area contributed by atoms with E-state index in [4.69, 9.17) is 0 Å². The van der Waals surface area contributed by atoms with E-state index in [1.165, 1.54) is 0 Å². The van der Waals surface area contributed by atoms with Crippen LogP contribution in [0.2, 0.25) is 0 Å². The third-order valence-corrected chi connectivity index (χ3v) is 6.51. The maximum absolute atomic E-state index is 11.9. The number of carbonyl (C=O) groups excluding carboxylic acids is 2. The van der Waals surface area contributed by atoms with Gasteiger partial charge >= 0.3 is 0 Å². The summed E-state index contributed by atoms with van der Waals surface area (Å²) in [5, 5.41) is 6.70. The van der Waals surface area contributed by atoms with Crippen LogP contribution >= 0.6 is 0 Å². The summed E-state index contributed by atoms with van der Waals surface area (Å²) in [4.78, 5) is 23.8. The number of anilines is 2. The molecule has 0 saturated carbocycles. The second-order valence-electron chi connectivity index (χ2n) is 8.62. The van der Waals surface area contributed by atoms with Crippen molar-refractivity contribution in [3.8, 4) is 0 Å². The van der Waals surface area contributed by atoms with Gasteiger partial charge in [0.15, 0.2) is 11.6 Å². The van der Waals surface area contributed by atoms with Gasteiger partial charge < -0.3 is 10.6 Å². The fourth-order valence-electron chi connectivity index (χ4n) is 4.11. The molecule has 0 spiro atoms. The molecule has 4 rings (SSSR count). The van der Waals surface area contributed by atoms with Crippen LogP contribution in [0.4, 0.5) is 11.4 Å². The highest BCUT2D eigenvalue weighted by molar-refractivity contribution is 5.93. The number of hydrogen-bond donors (Lipinski definition) is 2. The number of carbonyl (C=O) groups is 2. The molecule has 0 amide bonds. The normalized spacial score (nSPS) is 21.7. The van der Waals surface area contributed by atoms with E-state index >= 15 is 0 Å². The lowest BCUT2D eigenvalue weighted by Crippen LogP contribution is -2.40. The van der Waals surface area contributed by atoms with Crippen LogP contribution in [0.1, 0.15) is 51.7 Å². The van der Waals surface area contributed by atoms with Crippen LogP contribution in [0.25, 0.3) is 0 Å². The van der Waals surface area contributed by atoms with E-state index < -0.39 is 0 Å². The van der Waals surface area contributed by atoms with Crippen molar-refractivity contribution < 1.29 is 9.59 Å². The van der Waals surface area contributed by atoms with Crippen LogP contribution < -0.4 is 10.6 Å². The molecule has 2 aromatic rings. The number of fused-ring (bicyclic) bond motifs is 2. The Balaban J connectivity index is 0.000000171. The summed E-state index contributed by atoms with van der Waals surface area (Å²) >= 11 is 0. The van der Waals surface area contributed by atoms with E-state index in [9.17, 15) is 9.59 Å². The van der Waals surface area contributed by atoms with Crippen molar-refractivity contribution in [1.82, 2.24) is 0 Å². The summed E-state index contributed by atoms with van der Waals surface area (Å²) in [6.45, 7) is 8.51. The number of Topliss-reactive ketones (excluding diaryl/α,β-unsaturated/α-hetero) is 2. The summed E-state index contributed by atoms with van der Waals surface area (Å²) in [5.74, 6) is 1.46. The molecular formula is C26H34N2O2. The molecule has 2 heterocycles. The van der Waals surface area contributed by atoms with Crippen LogP contribution in [0.5, 0.6) is 0 Å². The molecule has 0 aliphatic carbocycles. The van der Waals surface area contributed by atoms with Gasteiger partial charge in [0.05, 0.1) is 12.1 Å². The highest BCUT2D eigenvalue weighted by atomic mass is 16.1. The average molecular weight is 407 g/mol. The molecule has 2 aromatic carbocycles. The molecule has 160 valence electrons. The Bertz CT molecular complexity index is 819. The molecule has 4 atom stereocenters. The highest BCUT2D eigenvalue weighted by Gasteiger charge is 2.29. The smallest absolute Gasteiger partial charge is 0.159 e. The van der Waals surface area contributed by atoms with Gasteiger partial charge in [-0.25, -0.2) is 0 Å². The molecule has 0 aromatic heterocycles. The molecule has 4 nitrogen and oxygen atoms in total. The SMILES string of the molecule is CCC(C)[C@@H]1Nc2ccccc2CC1=O.CCC(C)[C@H]1Nc2ccccc2CC1=O. The summed E-state index contributed by atoms with van der Waals surface area (Å²) in [6, 6.07) is 16.1. The summed E-state index contributed by atoms with van der Waals surface area (Å²) in [7, 11) is 0. The molecular weight excluding hydrogens is 372 g/mol. The van der Waals surface area contributed by atoms with Gasteiger partial charge in [-0.15, -0.1) is 0 Å². The Hall–Kier alpha value is -2.62. The molecule has 2 aliphatic heterocycles. The van der Waals surface area contributed by atoms with Crippen molar-refractivity contribution >= 4 is 22.9 Å². The van der Waals surface area contributed by atoms with E-state index in [0.29, 0.717) is 36.2 Å². The van der Waals surface area contributed by atoms with Crippen molar-refractivity contribution in [1.29, 1.82) is 0 Å². The van der Waals surface area contributed by atoms with Crippen LogP contribution in [0, 0.1) is 11.8 Å². The second kappa shape index (κ2) is 9.92. The first kappa shape index (κ1) is 22.1. The average Bonchev–Trinajstić information content (AvgIpc) is 2.77. The third-order valence-electron chi connectivity index (χ3n) is 6.51. The molecule has 4 heteroatoms. The minimum atomic E-state index is 0.00454. The maximum atomic E-state index is 11.9. The molecule has 0 bridgehead atoms. The third kappa shape index (κ3) is 4.92. The van der Waals surface area contributed by atoms with E-state index in [1.54, 1.807) is 0 Å². The summed E-state index contributed by atoms with van der Waals surface area (Å²) in [5.41, 5.74) is 4.51. The molecule has 2 aliphatic rings. The number of nitrogens with one attached hydrogen (secondary N) is 2. The predicted molar refractivity (Wildman–Crippen MR) is 124 cm³/mol. The van der Waals surface area contributed by atoms with Crippen molar-refractivity contribution in [2.24, 2.45) is 11.8 Å². The topological polar surface area (TPSA) is 58.2 Å².